The van der Waals surface area contributed by atoms with E-state index in [1.54, 1.807) is 24.3 Å². The highest BCUT2D eigenvalue weighted by molar-refractivity contribution is 7.80. The van der Waals surface area contributed by atoms with Crippen molar-refractivity contribution < 1.29 is 0 Å². The van der Waals surface area contributed by atoms with Crippen LogP contribution in [-0.2, 0) is 0 Å². The molecule has 0 unspecified atom stereocenters. The first-order valence-corrected chi connectivity index (χ1v) is 6.62. The van der Waals surface area contributed by atoms with Crippen molar-refractivity contribution in [3.8, 4) is 0 Å². The van der Waals surface area contributed by atoms with Gasteiger partial charge in [0.1, 0.15) is 10.8 Å². The Bertz CT molecular complexity index is 624. The second kappa shape index (κ2) is 5.74. The lowest BCUT2D eigenvalue weighted by Crippen LogP contribution is -2.10. The Kier molecular flexibility index (Phi) is 4.24. The Morgan fingerprint density at radius 3 is 2.37 bits per heavy atom. The van der Waals surface area contributed by atoms with Crippen molar-refractivity contribution in [2.24, 2.45) is 5.73 Å². The van der Waals surface area contributed by atoms with Crippen molar-refractivity contribution in [1.29, 1.82) is 0 Å². The van der Waals surface area contributed by atoms with E-state index in [2.05, 4.69) is 10.3 Å². The summed E-state index contributed by atoms with van der Waals surface area (Å²) in [6.07, 6.45) is 0. The van der Waals surface area contributed by atoms with Gasteiger partial charge in [-0.05, 0) is 37.3 Å². The summed E-state index contributed by atoms with van der Waals surface area (Å²) in [4.78, 5) is 4.69. The largest absolute Gasteiger partial charge is 0.389 e. The third kappa shape index (κ3) is 3.80. The first kappa shape index (κ1) is 14.1. The van der Waals surface area contributed by atoms with Gasteiger partial charge in [-0.25, -0.2) is 4.98 Å². The van der Waals surface area contributed by atoms with Crippen LogP contribution in [0.1, 0.15) is 11.3 Å². The molecule has 3 N–H and O–H groups in total. The zero-order valence-corrected chi connectivity index (χ0v) is 12.4. The first-order valence-electron chi connectivity index (χ1n) is 5.45. The number of thiocarbonyl (C=S) groups is 1. The van der Waals surface area contributed by atoms with Crippen LogP contribution in [0.4, 0.5) is 11.5 Å². The van der Waals surface area contributed by atoms with Crippen LogP contribution in [-0.4, -0.2) is 9.97 Å². The summed E-state index contributed by atoms with van der Waals surface area (Å²) in [5, 5.41) is 4.23. The van der Waals surface area contributed by atoms with Gasteiger partial charge in [-0.1, -0.05) is 35.4 Å². The monoisotopic (exact) mass is 311 g/mol. The molecule has 0 spiro atoms. The maximum Gasteiger partial charge on any atom is 0.131 e. The Morgan fingerprint density at radius 2 is 1.79 bits per heavy atom. The Labute approximate surface area is 126 Å². The van der Waals surface area contributed by atoms with E-state index in [9.17, 15) is 0 Å². The normalized spacial score (nSPS) is 10.3. The van der Waals surface area contributed by atoms with Gasteiger partial charge in [-0.2, -0.15) is 0 Å². The fourth-order valence-electron chi connectivity index (χ4n) is 1.65. The van der Waals surface area contributed by atoms with Crippen LogP contribution in [0, 0.1) is 6.92 Å². The van der Waals surface area contributed by atoms with Crippen LogP contribution < -0.4 is 11.1 Å². The van der Waals surface area contributed by atoms with E-state index in [1.165, 1.54) is 0 Å². The molecule has 0 amide bonds. The number of benzene rings is 1. The van der Waals surface area contributed by atoms with Crippen molar-refractivity contribution in [3.63, 3.8) is 0 Å². The number of halogens is 2. The molecule has 0 fully saturated rings. The molecule has 0 aliphatic carbocycles. The number of nitrogens with one attached hydrogen (secondary N) is 1. The van der Waals surface area contributed by atoms with Crippen LogP contribution >= 0.6 is 35.4 Å². The summed E-state index contributed by atoms with van der Waals surface area (Å²) in [5.41, 5.74) is 7.96. The van der Waals surface area contributed by atoms with Gasteiger partial charge >= 0.3 is 0 Å². The Hall–Kier alpha value is -1.36. The van der Waals surface area contributed by atoms with Gasteiger partial charge in [-0.3, -0.25) is 0 Å². The maximum atomic E-state index is 5.94. The third-order valence-corrected chi connectivity index (χ3v) is 3.05. The standard InChI is InChI=1S/C13H11Cl2N3S/c1-7-2-8(13(16)19)3-12(17-7)18-11-5-9(14)4-10(15)6-11/h2-6H,1H3,(H2,16,19)(H,17,18). The number of aromatic nitrogens is 1. The highest BCUT2D eigenvalue weighted by Crippen LogP contribution is 2.25. The fourth-order valence-corrected chi connectivity index (χ4v) is 2.29. The minimum Gasteiger partial charge on any atom is -0.389 e. The Morgan fingerprint density at radius 1 is 1.16 bits per heavy atom. The molecule has 6 heteroatoms. The molecule has 0 atom stereocenters. The van der Waals surface area contributed by atoms with Crippen LogP contribution in [0.25, 0.3) is 0 Å². The van der Waals surface area contributed by atoms with Crippen molar-refractivity contribution in [2.75, 3.05) is 5.32 Å². The van der Waals surface area contributed by atoms with Gasteiger partial charge in [0, 0.05) is 27.0 Å². The lowest BCUT2D eigenvalue weighted by Gasteiger charge is -2.09. The van der Waals surface area contributed by atoms with Gasteiger partial charge < -0.3 is 11.1 Å². The summed E-state index contributed by atoms with van der Waals surface area (Å²) >= 11 is 16.9. The average molecular weight is 312 g/mol. The molecule has 98 valence electrons. The molecule has 1 aromatic heterocycles. The number of hydrogen-bond donors (Lipinski definition) is 2. The molecular weight excluding hydrogens is 301 g/mol. The molecule has 1 heterocycles. The number of nitrogens with two attached hydrogens (primary N) is 1. The summed E-state index contributed by atoms with van der Waals surface area (Å²) in [7, 11) is 0. The summed E-state index contributed by atoms with van der Waals surface area (Å²) in [6.45, 7) is 1.87. The lowest BCUT2D eigenvalue weighted by atomic mass is 10.2. The topological polar surface area (TPSA) is 50.9 Å². The average Bonchev–Trinajstić information content (AvgIpc) is 2.26. The van der Waals surface area contributed by atoms with Gasteiger partial charge in [0.25, 0.3) is 0 Å². The molecule has 0 saturated heterocycles. The van der Waals surface area contributed by atoms with Gasteiger partial charge in [0.15, 0.2) is 0 Å². The number of pyridine rings is 1. The molecule has 1 aromatic carbocycles. The second-order valence-corrected chi connectivity index (χ2v) is 5.34. The predicted molar refractivity (Wildman–Crippen MR) is 84.6 cm³/mol. The molecule has 3 nitrogen and oxygen atoms in total. The quantitative estimate of drug-likeness (QED) is 0.839. The maximum absolute atomic E-state index is 5.94. The van der Waals surface area contributed by atoms with E-state index < -0.39 is 0 Å². The smallest absolute Gasteiger partial charge is 0.131 e. The summed E-state index contributed by atoms with van der Waals surface area (Å²) in [6, 6.07) is 8.80. The zero-order chi connectivity index (χ0) is 14.0. The van der Waals surface area contributed by atoms with E-state index in [-0.39, 0.29) is 0 Å². The van der Waals surface area contributed by atoms with E-state index in [1.807, 2.05) is 13.0 Å². The van der Waals surface area contributed by atoms with Crippen molar-refractivity contribution in [2.45, 2.75) is 6.92 Å². The number of hydrogen-bond acceptors (Lipinski definition) is 3. The molecule has 19 heavy (non-hydrogen) atoms. The SMILES string of the molecule is Cc1cc(C(N)=S)cc(Nc2cc(Cl)cc(Cl)c2)n1. The van der Waals surface area contributed by atoms with E-state index in [4.69, 9.17) is 41.2 Å². The third-order valence-electron chi connectivity index (χ3n) is 2.37. The van der Waals surface area contributed by atoms with Crippen molar-refractivity contribution in [1.82, 2.24) is 4.98 Å². The minimum atomic E-state index is 0.331. The second-order valence-electron chi connectivity index (χ2n) is 4.03. The van der Waals surface area contributed by atoms with E-state index >= 15 is 0 Å². The molecule has 0 aliphatic heterocycles. The fraction of sp³-hybridized carbons (Fsp3) is 0.0769. The molecule has 0 radical (unpaired) electrons. The lowest BCUT2D eigenvalue weighted by molar-refractivity contribution is 1.19. The van der Waals surface area contributed by atoms with Crippen LogP contribution in [0.5, 0.6) is 0 Å². The van der Waals surface area contributed by atoms with E-state index in [0.717, 1.165) is 16.9 Å². The number of rotatable bonds is 3. The van der Waals surface area contributed by atoms with Crippen LogP contribution in [0.15, 0.2) is 30.3 Å². The minimum absolute atomic E-state index is 0.331. The van der Waals surface area contributed by atoms with Crippen LogP contribution in [0.2, 0.25) is 10.0 Å². The molecule has 0 saturated carbocycles. The molecule has 0 bridgehead atoms. The van der Waals surface area contributed by atoms with Crippen LogP contribution in [0.3, 0.4) is 0 Å². The van der Waals surface area contributed by atoms with Crippen molar-refractivity contribution >= 4 is 51.9 Å². The highest BCUT2D eigenvalue weighted by atomic mass is 35.5. The number of anilines is 2. The molecular formula is C13H11Cl2N3S. The Balaban J connectivity index is 2.35. The predicted octanol–water partition coefficient (Wildman–Crippen LogP) is 4.07. The zero-order valence-electron chi connectivity index (χ0n) is 10.1. The van der Waals surface area contributed by atoms with Gasteiger partial charge in [0.05, 0.1) is 0 Å². The number of aryl methyl sites for hydroxylation is 1. The summed E-state index contributed by atoms with van der Waals surface area (Å²) < 4.78 is 0. The molecule has 2 rings (SSSR count). The first-order chi connectivity index (χ1) is 8.94. The van der Waals surface area contributed by atoms with Crippen molar-refractivity contribution in [3.05, 3.63) is 51.6 Å². The highest BCUT2D eigenvalue weighted by Gasteiger charge is 2.04. The molecule has 0 aliphatic rings. The number of nitrogens with zero attached hydrogens (tertiary/aromatic N) is 1. The van der Waals surface area contributed by atoms with Gasteiger partial charge in [0.2, 0.25) is 0 Å². The van der Waals surface area contributed by atoms with E-state index in [0.29, 0.717) is 20.9 Å². The van der Waals surface area contributed by atoms with Gasteiger partial charge in [-0.15, -0.1) is 0 Å². The summed E-state index contributed by atoms with van der Waals surface area (Å²) in [5.74, 6) is 0.640. The molecule has 2 aromatic rings.